The van der Waals surface area contributed by atoms with Crippen LogP contribution in [0.15, 0.2) is 0 Å². The van der Waals surface area contributed by atoms with Crippen LogP contribution in [0.4, 0.5) is 0 Å². The summed E-state index contributed by atoms with van der Waals surface area (Å²) in [6, 6.07) is 0. The summed E-state index contributed by atoms with van der Waals surface area (Å²) in [5.74, 6) is -1.59. The molecule has 0 aromatic rings. The van der Waals surface area contributed by atoms with Crippen LogP contribution in [0.2, 0.25) is 0 Å². The maximum atomic E-state index is 11.8. The summed E-state index contributed by atoms with van der Waals surface area (Å²) in [7, 11) is 0. The van der Waals surface area contributed by atoms with Gasteiger partial charge in [0.05, 0.1) is 0 Å². The quantitative estimate of drug-likeness (QED) is 0.0500. The Balaban J connectivity index is -0.000000767. The van der Waals surface area contributed by atoms with Gasteiger partial charge in [-0.2, -0.15) is 0 Å². The molecular formula is C40H78O4Pb. The van der Waals surface area contributed by atoms with Crippen LogP contribution >= 0.6 is 0 Å². The van der Waals surface area contributed by atoms with Crippen LogP contribution in [-0.4, -0.2) is 39.2 Å². The summed E-state index contributed by atoms with van der Waals surface area (Å²) in [6.45, 7) is 13.0. The van der Waals surface area contributed by atoms with Crippen molar-refractivity contribution in [2.24, 2.45) is 10.8 Å². The second-order valence-electron chi connectivity index (χ2n) is 14.0. The molecule has 0 aromatic carbocycles. The van der Waals surface area contributed by atoms with Crippen LogP contribution in [0.3, 0.4) is 0 Å². The molecule has 0 heterocycles. The summed E-state index contributed by atoms with van der Waals surface area (Å²) in [6.07, 6.45) is 33.5. The smallest absolute Gasteiger partial charge is 0.550 e. The first-order chi connectivity index (χ1) is 21.3. The van der Waals surface area contributed by atoms with Crippen LogP contribution in [0.5, 0.6) is 0 Å². The molecule has 0 spiro atoms. The molecule has 0 aliphatic rings. The van der Waals surface area contributed by atoms with Crippen molar-refractivity contribution in [1.29, 1.82) is 0 Å². The van der Waals surface area contributed by atoms with Gasteiger partial charge >= 0.3 is 27.3 Å². The zero-order valence-corrected chi connectivity index (χ0v) is 35.2. The molecule has 0 atom stereocenters. The van der Waals surface area contributed by atoms with Gasteiger partial charge in [-0.1, -0.05) is 196 Å². The Bertz CT molecular complexity index is 566. The van der Waals surface area contributed by atoms with Crippen LogP contribution in [0.25, 0.3) is 0 Å². The third-order valence-electron chi connectivity index (χ3n) is 9.92. The van der Waals surface area contributed by atoms with Gasteiger partial charge in [-0.3, -0.25) is 0 Å². The number of carboxylic acid groups (broad SMARTS) is 2. The Hall–Kier alpha value is -0.138. The molecule has 4 nitrogen and oxygen atoms in total. The van der Waals surface area contributed by atoms with E-state index in [1.807, 2.05) is 0 Å². The van der Waals surface area contributed by atoms with Gasteiger partial charge in [0.25, 0.3) is 0 Å². The van der Waals surface area contributed by atoms with E-state index in [1.54, 1.807) is 0 Å². The molecule has 5 heteroatoms. The average Bonchev–Trinajstić information content (AvgIpc) is 3.01. The molecule has 0 fully saturated rings. The Kier molecular flexibility index (Phi) is 38.5. The fraction of sp³-hybridized carbons (Fsp3) is 0.950. The van der Waals surface area contributed by atoms with E-state index in [4.69, 9.17) is 0 Å². The monoisotopic (exact) mass is 831 g/mol. The minimum absolute atomic E-state index is 0. The molecule has 2 radical (unpaired) electrons. The molecule has 0 amide bonds. The molecular weight excluding hydrogens is 752 g/mol. The molecule has 0 N–H and O–H groups in total. The SMILES string of the molecule is CCCCCCCCCCC(CCCC)(CCCC)C(=O)[O-].CCCCCCCCCCC(CCCC)(CCCC)C(=O)[O-].[Pb+2]. The molecule has 45 heavy (non-hydrogen) atoms. The van der Waals surface area contributed by atoms with Crippen molar-refractivity contribution in [3.8, 4) is 0 Å². The summed E-state index contributed by atoms with van der Waals surface area (Å²) >= 11 is 0. The molecule has 0 aromatic heterocycles. The minimum Gasteiger partial charge on any atom is -0.550 e. The number of carbonyl (C=O) groups excluding carboxylic acids is 2. The van der Waals surface area contributed by atoms with Gasteiger partial charge in [0, 0.05) is 22.8 Å². The molecule has 266 valence electrons. The number of rotatable bonds is 32. The van der Waals surface area contributed by atoms with Gasteiger partial charge in [0.1, 0.15) is 0 Å². The van der Waals surface area contributed by atoms with Crippen molar-refractivity contribution in [1.82, 2.24) is 0 Å². The number of hydrogen-bond donors (Lipinski definition) is 0. The van der Waals surface area contributed by atoms with Gasteiger partial charge < -0.3 is 19.8 Å². The second-order valence-corrected chi connectivity index (χ2v) is 14.0. The van der Waals surface area contributed by atoms with Crippen molar-refractivity contribution in [2.45, 2.75) is 234 Å². The number of unbranched alkanes of at least 4 members (excludes halogenated alkanes) is 18. The number of carboxylic acids is 2. The summed E-state index contributed by atoms with van der Waals surface area (Å²) in [4.78, 5) is 23.5. The first-order valence-corrected chi connectivity index (χ1v) is 19.7. The van der Waals surface area contributed by atoms with E-state index < -0.39 is 22.8 Å². The molecule has 0 rings (SSSR count). The first kappa shape index (κ1) is 49.3. The van der Waals surface area contributed by atoms with Crippen LogP contribution in [-0.2, 0) is 9.59 Å². The normalized spacial score (nSPS) is 11.5. The minimum atomic E-state index is -0.794. The fourth-order valence-corrected chi connectivity index (χ4v) is 6.62. The van der Waals surface area contributed by atoms with E-state index in [0.717, 1.165) is 103 Å². The van der Waals surface area contributed by atoms with E-state index in [1.165, 1.54) is 89.9 Å². The summed E-state index contributed by atoms with van der Waals surface area (Å²) in [5, 5.41) is 23.5. The third kappa shape index (κ3) is 26.5. The predicted molar refractivity (Wildman–Crippen MR) is 193 cm³/mol. The third-order valence-corrected chi connectivity index (χ3v) is 9.92. The average molecular weight is 830 g/mol. The maximum absolute atomic E-state index is 11.8. The van der Waals surface area contributed by atoms with E-state index >= 15 is 0 Å². The maximum Gasteiger partial charge on any atom is 2.00 e. The Morgan fingerprint density at radius 2 is 0.511 bits per heavy atom. The van der Waals surface area contributed by atoms with Crippen molar-refractivity contribution >= 4 is 39.2 Å². The number of hydrogen-bond acceptors (Lipinski definition) is 4. The number of aliphatic carboxylic acids is 2. The predicted octanol–water partition coefficient (Wildman–Crippen LogP) is 10.9. The largest absolute Gasteiger partial charge is 2.00 e. The van der Waals surface area contributed by atoms with Crippen molar-refractivity contribution < 1.29 is 19.8 Å². The van der Waals surface area contributed by atoms with E-state index in [9.17, 15) is 19.8 Å². The zero-order valence-electron chi connectivity index (χ0n) is 31.3. The molecule has 0 bridgehead atoms. The van der Waals surface area contributed by atoms with E-state index in [0.29, 0.717) is 0 Å². The van der Waals surface area contributed by atoms with E-state index in [2.05, 4.69) is 41.5 Å². The second kappa shape index (κ2) is 35.2. The van der Waals surface area contributed by atoms with Gasteiger partial charge in [-0.25, -0.2) is 0 Å². The van der Waals surface area contributed by atoms with Crippen LogP contribution in [0.1, 0.15) is 234 Å². The van der Waals surface area contributed by atoms with Gasteiger partial charge in [0.15, 0.2) is 0 Å². The van der Waals surface area contributed by atoms with Crippen LogP contribution in [0, 0.1) is 10.8 Å². The Morgan fingerprint density at radius 3 is 0.711 bits per heavy atom. The van der Waals surface area contributed by atoms with Gasteiger partial charge in [0.2, 0.25) is 0 Å². The van der Waals surface area contributed by atoms with E-state index in [-0.39, 0.29) is 27.3 Å². The first-order valence-electron chi connectivity index (χ1n) is 19.7. The van der Waals surface area contributed by atoms with Crippen molar-refractivity contribution in [3.63, 3.8) is 0 Å². The topological polar surface area (TPSA) is 80.3 Å². The molecule has 0 saturated heterocycles. The van der Waals surface area contributed by atoms with Crippen LogP contribution < -0.4 is 10.2 Å². The van der Waals surface area contributed by atoms with Crippen molar-refractivity contribution in [3.05, 3.63) is 0 Å². The van der Waals surface area contributed by atoms with Crippen molar-refractivity contribution in [2.75, 3.05) is 0 Å². The van der Waals surface area contributed by atoms with Gasteiger partial charge in [-0.15, -0.1) is 0 Å². The Labute approximate surface area is 302 Å². The molecule has 0 aliphatic heterocycles. The molecule has 0 aliphatic carbocycles. The molecule has 0 unspecified atom stereocenters. The standard InChI is InChI=1S/2C20H40O2.Pb/c2*1-4-7-10-11-12-13-14-15-18-20(19(21)22,16-8-5-2)17-9-6-3;/h2*4-18H2,1-3H3,(H,21,22);/q;;+2/p-2. The molecule has 0 saturated carbocycles. The summed E-state index contributed by atoms with van der Waals surface area (Å²) in [5.41, 5.74) is -1.09. The number of carbonyl (C=O) groups is 2. The fourth-order valence-electron chi connectivity index (χ4n) is 6.62. The summed E-state index contributed by atoms with van der Waals surface area (Å²) < 4.78 is 0. The Morgan fingerprint density at radius 1 is 0.333 bits per heavy atom. The zero-order chi connectivity index (χ0) is 33.4. The van der Waals surface area contributed by atoms with Gasteiger partial charge in [-0.05, 0) is 38.5 Å².